The van der Waals surface area contributed by atoms with Crippen LogP contribution in [0, 0.1) is 0 Å². The second kappa shape index (κ2) is 9.96. The minimum absolute atomic E-state index is 0.230. The molecular weight excluding hydrogens is 350 g/mol. The quantitative estimate of drug-likeness (QED) is 0.536. The molecule has 7 heteroatoms. The number of ether oxygens (including phenoxy) is 3. The predicted octanol–water partition coefficient (Wildman–Crippen LogP) is 2.00. The Morgan fingerprint density at radius 1 is 0.926 bits per heavy atom. The smallest absolute Gasteiger partial charge is 0.328 e. The van der Waals surface area contributed by atoms with Crippen molar-refractivity contribution in [2.75, 3.05) is 20.3 Å². The van der Waals surface area contributed by atoms with Crippen LogP contribution in [0.2, 0.25) is 0 Å². The third-order valence-corrected chi connectivity index (χ3v) is 3.60. The Morgan fingerprint density at radius 3 is 2.22 bits per heavy atom. The molecule has 1 atom stereocenters. The first-order valence-corrected chi connectivity index (χ1v) is 8.30. The summed E-state index contributed by atoms with van der Waals surface area (Å²) in [6.07, 6.45) is 0. The van der Waals surface area contributed by atoms with E-state index in [0.717, 1.165) is 0 Å². The van der Waals surface area contributed by atoms with Gasteiger partial charge in [-0.25, -0.2) is 4.79 Å². The van der Waals surface area contributed by atoms with Crippen LogP contribution in [-0.2, 0) is 14.3 Å². The van der Waals surface area contributed by atoms with E-state index >= 15 is 0 Å². The van der Waals surface area contributed by atoms with Gasteiger partial charge in [0, 0.05) is 5.56 Å². The summed E-state index contributed by atoms with van der Waals surface area (Å²) in [5, 5.41) is 2.46. The van der Waals surface area contributed by atoms with Crippen molar-refractivity contribution in [3.63, 3.8) is 0 Å². The topological polar surface area (TPSA) is 90.9 Å². The normalized spacial score (nSPS) is 11.2. The lowest BCUT2D eigenvalue weighted by Crippen LogP contribution is -2.42. The maximum absolute atomic E-state index is 12.0. The summed E-state index contributed by atoms with van der Waals surface area (Å²) in [5.41, 5.74) is 0.400. The van der Waals surface area contributed by atoms with Crippen LogP contribution >= 0.6 is 0 Å². The zero-order valence-corrected chi connectivity index (χ0v) is 15.1. The van der Waals surface area contributed by atoms with Crippen molar-refractivity contribution in [1.29, 1.82) is 0 Å². The van der Waals surface area contributed by atoms with E-state index < -0.39 is 24.5 Å². The zero-order chi connectivity index (χ0) is 19.6. The molecular formula is C20H21NO6. The number of hydrogen-bond acceptors (Lipinski definition) is 6. The highest BCUT2D eigenvalue weighted by atomic mass is 16.5. The monoisotopic (exact) mass is 371 g/mol. The van der Waals surface area contributed by atoms with E-state index in [-0.39, 0.29) is 12.4 Å². The van der Waals surface area contributed by atoms with Crippen molar-refractivity contribution >= 4 is 17.7 Å². The number of ketones is 1. The molecule has 0 heterocycles. The van der Waals surface area contributed by atoms with Crippen molar-refractivity contribution in [2.45, 2.75) is 13.0 Å². The molecule has 2 aromatic rings. The van der Waals surface area contributed by atoms with Crippen molar-refractivity contribution in [1.82, 2.24) is 5.32 Å². The number of methoxy groups -OCH3 is 1. The lowest BCUT2D eigenvalue weighted by Gasteiger charge is -2.13. The highest BCUT2D eigenvalue weighted by Crippen LogP contribution is 2.12. The van der Waals surface area contributed by atoms with Gasteiger partial charge in [0.15, 0.2) is 19.0 Å². The van der Waals surface area contributed by atoms with E-state index in [2.05, 4.69) is 5.32 Å². The number of hydrogen-bond donors (Lipinski definition) is 1. The Balaban J connectivity index is 1.74. The summed E-state index contributed by atoms with van der Waals surface area (Å²) in [6.45, 7) is 0.832. The molecule has 142 valence electrons. The van der Waals surface area contributed by atoms with E-state index in [1.54, 1.807) is 48.5 Å². The van der Waals surface area contributed by atoms with E-state index in [1.807, 2.05) is 6.07 Å². The lowest BCUT2D eigenvalue weighted by molar-refractivity contribution is -0.146. The molecule has 0 aliphatic rings. The van der Waals surface area contributed by atoms with Gasteiger partial charge in [-0.3, -0.25) is 9.59 Å². The molecule has 7 nitrogen and oxygen atoms in total. The largest absolute Gasteiger partial charge is 0.497 e. The number of esters is 1. The van der Waals surface area contributed by atoms with Crippen LogP contribution in [-0.4, -0.2) is 44.0 Å². The second-order valence-corrected chi connectivity index (χ2v) is 5.65. The Kier molecular flexibility index (Phi) is 7.37. The van der Waals surface area contributed by atoms with Gasteiger partial charge in [-0.05, 0) is 43.3 Å². The number of carbonyl (C=O) groups excluding carboxylic acids is 3. The number of nitrogens with one attached hydrogen (secondary N) is 1. The molecule has 0 unspecified atom stereocenters. The number of amides is 1. The van der Waals surface area contributed by atoms with E-state index in [0.29, 0.717) is 17.1 Å². The zero-order valence-electron chi connectivity index (χ0n) is 15.1. The van der Waals surface area contributed by atoms with Gasteiger partial charge in [0.05, 0.1) is 7.11 Å². The van der Waals surface area contributed by atoms with Gasteiger partial charge in [-0.15, -0.1) is 0 Å². The van der Waals surface area contributed by atoms with Crippen molar-refractivity contribution < 1.29 is 28.6 Å². The third kappa shape index (κ3) is 6.47. The molecule has 2 aromatic carbocycles. The maximum Gasteiger partial charge on any atom is 0.328 e. The second-order valence-electron chi connectivity index (χ2n) is 5.65. The molecule has 0 saturated carbocycles. The average molecular weight is 371 g/mol. The van der Waals surface area contributed by atoms with E-state index in [9.17, 15) is 14.4 Å². The first kappa shape index (κ1) is 20.0. The predicted molar refractivity (Wildman–Crippen MR) is 97.8 cm³/mol. The summed E-state index contributed by atoms with van der Waals surface area (Å²) in [6, 6.07) is 14.4. The molecule has 0 aliphatic carbocycles. The van der Waals surface area contributed by atoms with Crippen LogP contribution in [0.3, 0.4) is 0 Å². The van der Waals surface area contributed by atoms with Crippen molar-refractivity contribution in [3.8, 4) is 11.5 Å². The van der Waals surface area contributed by atoms with Crippen molar-refractivity contribution in [3.05, 3.63) is 60.2 Å². The van der Waals surface area contributed by atoms with Gasteiger partial charge in [0.2, 0.25) is 0 Å². The Labute approximate surface area is 157 Å². The molecule has 2 rings (SSSR count). The van der Waals surface area contributed by atoms with E-state index in [1.165, 1.54) is 14.0 Å². The van der Waals surface area contributed by atoms with Crippen molar-refractivity contribution in [2.24, 2.45) is 0 Å². The van der Waals surface area contributed by atoms with Gasteiger partial charge in [-0.2, -0.15) is 0 Å². The van der Waals surface area contributed by atoms with Crippen LogP contribution < -0.4 is 14.8 Å². The molecule has 0 fully saturated rings. The van der Waals surface area contributed by atoms with Gasteiger partial charge >= 0.3 is 5.97 Å². The number of carbonyl (C=O) groups is 3. The molecule has 0 radical (unpaired) electrons. The minimum Gasteiger partial charge on any atom is -0.497 e. The van der Waals surface area contributed by atoms with Crippen LogP contribution in [0.25, 0.3) is 0 Å². The standard InChI is InChI=1S/C20H21NO6/c1-14(21-19(23)13-26-17-6-4-3-5-7-17)20(24)27-12-18(22)15-8-10-16(25-2)11-9-15/h3-11,14H,12-13H2,1-2H3,(H,21,23)/t14-/m0/s1. The van der Waals surface area contributed by atoms with E-state index in [4.69, 9.17) is 14.2 Å². The molecule has 27 heavy (non-hydrogen) atoms. The fourth-order valence-corrected chi connectivity index (χ4v) is 2.13. The van der Waals surface area contributed by atoms with Gasteiger partial charge in [-0.1, -0.05) is 18.2 Å². The first-order chi connectivity index (χ1) is 13.0. The summed E-state index contributed by atoms with van der Waals surface area (Å²) < 4.78 is 15.3. The maximum atomic E-state index is 12.0. The Morgan fingerprint density at radius 2 is 1.59 bits per heavy atom. The van der Waals surface area contributed by atoms with Gasteiger partial charge in [0.25, 0.3) is 5.91 Å². The van der Waals surface area contributed by atoms with Gasteiger partial charge < -0.3 is 19.5 Å². The number of benzene rings is 2. The molecule has 0 bridgehead atoms. The molecule has 0 saturated heterocycles. The highest BCUT2D eigenvalue weighted by Gasteiger charge is 2.19. The molecule has 0 aliphatic heterocycles. The summed E-state index contributed by atoms with van der Waals surface area (Å²) in [5.74, 6) is -0.350. The third-order valence-electron chi connectivity index (χ3n) is 3.60. The molecule has 0 aromatic heterocycles. The minimum atomic E-state index is -0.902. The number of rotatable bonds is 9. The van der Waals surface area contributed by atoms with Crippen LogP contribution in [0.1, 0.15) is 17.3 Å². The average Bonchev–Trinajstić information content (AvgIpc) is 2.71. The molecule has 1 amide bonds. The number of Topliss-reactive ketones (excluding diaryl/α,β-unsaturated/α-hetero) is 1. The highest BCUT2D eigenvalue weighted by molar-refractivity contribution is 5.98. The Hall–Kier alpha value is -3.35. The summed E-state index contributed by atoms with van der Waals surface area (Å²) >= 11 is 0. The van der Waals surface area contributed by atoms with Gasteiger partial charge in [0.1, 0.15) is 17.5 Å². The van der Waals surface area contributed by atoms with Crippen LogP contribution in [0.15, 0.2) is 54.6 Å². The first-order valence-electron chi connectivity index (χ1n) is 8.30. The van der Waals surface area contributed by atoms with Crippen LogP contribution in [0.5, 0.6) is 11.5 Å². The summed E-state index contributed by atoms with van der Waals surface area (Å²) in [7, 11) is 1.53. The number of para-hydroxylation sites is 1. The lowest BCUT2D eigenvalue weighted by atomic mass is 10.1. The fraction of sp³-hybridized carbons (Fsp3) is 0.250. The molecule has 0 spiro atoms. The summed E-state index contributed by atoms with van der Waals surface area (Å²) in [4.78, 5) is 35.8. The fourth-order valence-electron chi connectivity index (χ4n) is 2.13. The Bertz CT molecular complexity index is 773. The molecule has 1 N–H and O–H groups in total. The van der Waals surface area contributed by atoms with Crippen LogP contribution in [0.4, 0.5) is 0 Å². The SMILES string of the molecule is COc1ccc(C(=O)COC(=O)[C@H](C)NC(=O)COc2ccccc2)cc1.